The van der Waals surface area contributed by atoms with Crippen molar-refractivity contribution < 1.29 is 0 Å². The van der Waals surface area contributed by atoms with Gasteiger partial charge in [0.05, 0.1) is 11.6 Å². The van der Waals surface area contributed by atoms with Crippen molar-refractivity contribution >= 4 is 33.7 Å². The molecular weight excluding hydrogens is 290 g/mol. The number of fused-ring (bicyclic) bond motifs is 1. The molecule has 5 heteroatoms. The van der Waals surface area contributed by atoms with Crippen LogP contribution in [0.3, 0.4) is 0 Å². The standard InChI is InChI=1S/C15H22ClN3S/c1-15(2,3)11-4-6-18(7-5-11)13-12(10-16)19-8-9-20-14(19)17-13/h8-9,11H,4-7,10H2,1-3H3. The van der Waals surface area contributed by atoms with Gasteiger partial charge in [0.2, 0.25) is 0 Å². The van der Waals surface area contributed by atoms with Gasteiger partial charge in [0.1, 0.15) is 0 Å². The van der Waals surface area contributed by atoms with Gasteiger partial charge in [-0.1, -0.05) is 20.8 Å². The van der Waals surface area contributed by atoms with Crippen molar-refractivity contribution in [3.05, 3.63) is 17.3 Å². The molecule has 0 amide bonds. The van der Waals surface area contributed by atoms with E-state index in [1.54, 1.807) is 11.3 Å². The third kappa shape index (κ3) is 2.44. The number of hydrogen-bond acceptors (Lipinski definition) is 3. The van der Waals surface area contributed by atoms with E-state index in [1.165, 1.54) is 12.8 Å². The number of piperidine rings is 1. The number of hydrogen-bond donors (Lipinski definition) is 0. The van der Waals surface area contributed by atoms with Gasteiger partial charge in [-0.25, -0.2) is 4.98 Å². The molecule has 0 aliphatic carbocycles. The van der Waals surface area contributed by atoms with Crippen LogP contribution in [0.15, 0.2) is 11.6 Å². The molecular formula is C15H22ClN3S. The van der Waals surface area contributed by atoms with Crippen LogP contribution in [0.4, 0.5) is 5.82 Å². The van der Waals surface area contributed by atoms with E-state index in [-0.39, 0.29) is 0 Å². The van der Waals surface area contributed by atoms with Crippen LogP contribution in [0.25, 0.3) is 4.96 Å². The van der Waals surface area contributed by atoms with Gasteiger partial charge in [0, 0.05) is 24.7 Å². The molecule has 1 saturated heterocycles. The van der Waals surface area contributed by atoms with Crippen molar-refractivity contribution in [1.29, 1.82) is 0 Å². The molecule has 1 aliphatic heterocycles. The molecule has 2 aromatic rings. The third-order valence-corrected chi connectivity index (χ3v) is 5.50. The Labute approximate surface area is 129 Å². The highest BCUT2D eigenvalue weighted by atomic mass is 35.5. The largest absolute Gasteiger partial charge is 0.355 e. The highest BCUT2D eigenvalue weighted by molar-refractivity contribution is 7.15. The molecule has 2 aromatic heterocycles. The van der Waals surface area contributed by atoms with Crippen LogP contribution in [-0.2, 0) is 5.88 Å². The van der Waals surface area contributed by atoms with E-state index in [1.807, 2.05) is 0 Å². The summed E-state index contributed by atoms with van der Waals surface area (Å²) in [6, 6.07) is 0. The zero-order chi connectivity index (χ0) is 14.3. The normalized spacial score (nSPS) is 18.1. The zero-order valence-corrected chi connectivity index (χ0v) is 14.0. The van der Waals surface area contributed by atoms with Crippen molar-refractivity contribution in [1.82, 2.24) is 9.38 Å². The molecule has 0 spiro atoms. The number of imidazole rings is 1. The minimum absolute atomic E-state index is 0.413. The first-order valence-corrected chi connectivity index (χ1v) is 8.67. The lowest BCUT2D eigenvalue weighted by atomic mass is 9.75. The molecule has 0 atom stereocenters. The number of thiazole rings is 1. The van der Waals surface area contributed by atoms with Crippen LogP contribution < -0.4 is 4.90 Å². The Morgan fingerprint density at radius 1 is 1.35 bits per heavy atom. The maximum Gasteiger partial charge on any atom is 0.195 e. The topological polar surface area (TPSA) is 20.5 Å². The summed E-state index contributed by atoms with van der Waals surface area (Å²) in [5, 5.41) is 2.06. The molecule has 0 unspecified atom stereocenters. The second-order valence-electron chi connectivity index (χ2n) is 6.70. The monoisotopic (exact) mass is 311 g/mol. The maximum atomic E-state index is 6.15. The Morgan fingerprint density at radius 3 is 2.65 bits per heavy atom. The third-order valence-electron chi connectivity index (χ3n) is 4.49. The van der Waals surface area contributed by atoms with E-state index in [0.29, 0.717) is 11.3 Å². The van der Waals surface area contributed by atoms with E-state index < -0.39 is 0 Å². The number of alkyl halides is 1. The molecule has 110 valence electrons. The molecule has 3 nitrogen and oxygen atoms in total. The van der Waals surface area contributed by atoms with Gasteiger partial charge in [-0.3, -0.25) is 4.40 Å². The van der Waals surface area contributed by atoms with Crippen LogP contribution in [0.5, 0.6) is 0 Å². The highest BCUT2D eigenvalue weighted by Crippen LogP contribution is 2.36. The van der Waals surface area contributed by atoms with Gasteiger partial charge >= 0.3 is 0 Å². The van der Waals surface area contributed by atoms with Crippen molar-refractivity contribution in [2.75, 3.05) is 18.0 Å². The van der Waals surface area contributed by atoms with Crippen LogP contribution in [0, 0.1) is 11.3 Å². The first kappa shape index (κ1) is 14.2. The molecule has 1 aliphatic rings. The summed E-state index contributed by atoms with van der Waals surface area (Å²) in [6.07, 6.45) is 4.56. The average Bonchev–Trinajstić information content (AvgIpc) is 2.97. The molecule has 0 saturated carbocycles. The molecule has 0 bridgehead atoms. The SMILES string of the molecule is CC(C)(C)C1CCN(c2nc3sccn3c2CCl)CC1. The van der Waals surface area contributed by atoms with Crippen LogP contribution >= 0.6 is 22.9 Å². The Kier molecular flexibility index (Phi) is 3.71. The zero-order valence-electron chi connectivity index (χ0n) is 12.4. The lowest BCUT2D eigenvalue weighted by Gasteiger charge is -2.39. The molecule has 20 heavy (non-hydrogen) atoms. The van der Waals surface area contributed by atoms with Crippen molar-refractivity contribution in [2.24, 2.45) is 11.3 Å². The van der Waals surface area contributed by atoms with Crippen molar-refractivity contribution in [2.45, 2.75) is 39.5 Å². The average molecular weight is 312 g/mol. The predicted octanol–water partition coefficient (Wildman–Crippen LogP) is 4.40. The van der Waals surface area contributed by atoms with E-state index >= 15 is 0 Å². The second kappa shape index (κ2) is 5.23. The number of aromatic nitrogens is 2. The Bertz CT molecular complexity index is 588. The molecule has 0 aromatic carbocycles. The summed E-state index contributed by atoms with van der Waals surface area (Å²) in [4.78, 5) is 8.24. The number of anilines is 1. The van der Waals surface area contributed by atoms with Crippen LogP contribution in [0.2, 0.25) is 0 Å². The van der Waals surface area contributed by atoms with Crippen LogP contribution in [-0.4, -0.2) is 22.5 Å². The van der Waals surface area contributed by atoms with Gasteiger partial charge < -0.3 is 4.90 Å². The fourth-order valence-corrected chi connectivity index (χ4v) is 4.13. The van der Waals surface area contributed by atoms with Gasteiger partial charge in [0.15, 0.2) is 10.8 Å². The van der Waals surface area contributed by atoms with E-state index in [9.17, 15) is 0 Å². The molecule has 1 fully saturated rings. The quantitative estimate of drug-likeness (QED) is 0.766. The number of nitrogens with zero attached hydrogens (tertiary/aromatic N) is 3. The highest BCUT2D eigenvalue weighted by Gasteiger charge is 2.30. The lowest BCUT2D eigenvalue weighted by Crippen LogP contribution is -2.38. The van der Waals surface area contributed by atoms with Gasteiger partial charge in [-0.05, 0) is 24.2 Å². The summed E-state index contributed by atoms with van der Waals surface area (Å²) in [7, 11) is 0. The fourth-order valence-electron chi connectivity index (χ4n) is 3.16. The van der Waals surface area contributed by atoms with E-state index in [4.69, 9.17) is 16.6 Å². The van der Waals surface area contributed by atoms with Gasteiger partial charge in [0.25, 0.3) is 0 Å². The van der Waals surface area contributed by atoms with Crippen LogP contribution in [0.1, 0.15) is 39.3 Å². The molecule has 0 N–H and O–H groups in total. The first-order chi connectivity index (χ1) is 9.50. The molecule has 3 rings (SSSR count). The van der Waals surface area contributed by atoms with E-state index in [0.717, 1.165) is 35.5 Å². The summed E-state index contributed by atoms with van der Waals surface area (Å²) in [5.41, 5.74) is 1.55. The molecule has 0 radical (unpaired) electrons. The summed E-state index contributed by atoms with van der Waals surface area (Å²) in [6.45, 7) is 9.24. The van der Waals surface area contributed by atoms with Gasteiger partial charge in [-0.2, -0.15) is 0 Å². The summed E-state index contributed by atoms with van der Waals surface area (Å²) < 4.78 is 2.13. The minimum atomic E-state index is 0.413. The summed E-state index contributed by atoms with van der Waals surface area (Å²) in [5.74, 6) is 2.42. The van der Waals surface area contributed by atoms with Crippen molar-refractivity contribution in [3.8, 4) is 0 Å². The fraction of sp³-hybridized carbons (Fsp3) is 0.667. The maximum absolute atomic E-state index is 6.15. The molecule has 3 heterocycles. The Balaban J connectivity index is 1.81. The lowest BCUT2D eigenvalue weighted by molar-refractivity contribution is 0.198. The number of rotatable bonds is 2. The Morgan fingerprint density at radius 2 is 2.05 bits per heavy atom. The van der Waals surface area contributed by atoms with Gasteiger partial charge in [-0.15, -0.1) is 22.9 Å². The number of halogens is 1. The second-order valence-corrected chi connectivity index (χ2v) is 7.84. The minimum Gasteiger partial charge on any atom is -0.355 e. The van der Waals surface area contributed by atoms with Crippen molar-refractivity contribution in [3.63, 3.8) is 0 Å². The Hall–Kier alpha value is -0.740. The summed E-state index contributed by atoms with van der Waals surface area (Å²) >= 11 is 7.82. The van der Waals surface area contributed by atoms with E-state index in [2.05, 4.69) is 41.6 Å². The predicted molar refractivity (Wildman–Crippen MR) is 87.0 cm³/mol. The first-order valence-electron chi connectivity index (χ1n) is 7.26. The smallest absolute Gasteiger partial charge is 0.195 e.